The maximum atomic E-state index is 11.0. The van der Waals surface area contributed by atoms with Crippen LogP contribution in [0.1, 0.15) is 32.6 Å². The van der Waals surface area contributed by atoms with Gasteiger partial charge in [0.25, 0.3) is 0 Å². The maximum Gasteiger partial charge on any atom is 0.220 e. The Morgan fingerprint density at radius 2 is 2.06 bits per heavy atom. The van der Waals surface area contributed by atoms with Gasteiger partial charge in [0.15, 0.2) is 0 Å². The summed E-state index contributed by atoms with van der Waals surface area (Å²) in [4.78, 5) is 11.0. The first-order valence-electron chi connectivity index (χ1n) is 6.15. The summed E-state index contributed by atoms with van der Waals surface area (Å²) in [6.45, 7) is 3.89. The molecule has 0 saturated heterocycles. The molecule has 0 heterocycles. The van der Waals surface area contributed by atoms with Crippen molar-refractivity contribution in [2.75, 3.05) is 20.3 Å². The van der Waals surface area contributed by atoms with Crippen molar-refractivity contribution in [3.05, 3.63) is 0 Å². The Labute approximate surface area is 97.9 Å². The standard InChI is InChI=1S/C12H24N2O2/c1-9(8-16-2)14-7-10-3-5-11(6-4-10)12(13)15/h9-11,14H,3-8H2,1-2H3,(H2,13,15). The SMILES string of the molecule is COCC(C)NCC1CCC(C(N)=O)CC1. The number of carbonyl (C=O) groups is 1. The normalized spacial score (nSPS) is 27.6. The van der Waals surface area contributed by atoms with Gasteiger partial charge in [-0.25, -0.2) is 0 Å². The van der Waals surface area contributed by atoms with Gasteiger partial charge in [-0.05, 0) is 45.1 Å². The number of amides is 1. The zero-order chi connectivity index (χ0) is 12.0. The van der Waals surface area contributed by atoms with Crippen LogP contribution in [-0.4, -0.2) is 32.2 Å². The molecular formula is C12H24N2O2. The first-order valence-corrected chi connectivity index (χ1v) is 6.15. The molecule has 0 aromatic rings. The summed E-state index contributed by atoms with van der Waals surface area (Å²) in [7, 11) is 1.72. The Morgan fingerprint density at radius 1 is 1.44 bits per heavy atom. The van der Waals surface area contributed by atoms with Crippen LogP contribution in [0.2, 0.25) is 0 Å². The monoisotopic (exact) mass is 228 g/mol. The third kappa shape index (κ3) is 4.49. The van der Waals surface area contributed by atoms with Crippen LogP contribution in [-0.2, 0) is 9.53 Å². The Bertz CT molecular complexity index is 213. The van der Waals surface area contributed by atoms with Crippen molar-refractivity contribution in [2.24, 2.45) is 17.6 Å². The molecule has 0 aliphatic heterocycles. The summed E-state index contributed by atoms with van der Waals surface area (Å²) in [5, 5.41) is 3.46. The minimum Gasteiger partial charge on any atom is -0.383 e. The zero-order valence-electron chi connectivity index (χ0n) is 10.4. The number of carbonyl (C=O) groups excluding carboxylic acids is 1. The fourth-order valence-corrected chi connectivity index (χ4v) is 2.33. The summed E-state index contributed by atoms with van der Waals surface area (Å²) in [6.07, 6.45) is 4.14. The number of nitrogens with two attached hydrogens (primary N) is 1. The highest BCUT2D eigenvalue weighted by atomic mass is 16.5. The van der Waals surface area contributed by atoms with Gasteiger partial charge in [-0.1, -0.05) is 0 Å². The van der Waals surface area contributed by atoms with E-state index in [0.29, 0.717) is 12.0 Å². The van der Waals surface area contributed by atoms with Crippen LogP contribution in [0.15, 0.2) is 0 Å². The molecule has 94 valence electrons. The molecule has 1 aliphatic rings. The quantitative estimate of drug-likeness (QED) is 0.710. The summed E-state index contributed by atoms with van der Waals surface area (Å²) < 4.78 is 5.07. The van der Waals surface area contributed by atoms with E-state index >= 15 is 0 Å². The first kappa shape index (κ1) is 13.5. The first-order chi connectivity index (χ1) is 7.63. The van der Waals surface area contributed by atoms with Gasteiger partial charge in [-0.15, -0.1) is 0 Å². The topological polar surface area (TPSA) is 64.3 Å². The van der Waals surface area contributed by atoms with E-state index in [-0.39, 0.29) is 11.8 Å². The van der Waals surface area contributed by atoms with Crippen LogP contribution in [0.4, 0.5) is 0 Å². The molecule has 1 saturated carbocycles. The van der Waals surface area contributed by atoms with Crippen molar-refractivity contribution in [3.63, 3.8) is 0 Å². The fourth-order valence-electron chi connectivity index (χ4n) is 2.33. The van der Waals surface area contributed by atoms with Crippen molar-refractivity contribution in [1.29, 1.82) is 0 Å². The average molecular weight is 228 g/mol. The van der Waals surface area contributed by atoms with Crippen molar-refractivity contribution in [2.45, 2.75) is 38.6 Å². The largest absolute Gasteiger partial charge is 0.383 e. The van der Waals surface area contributed by atoms with E-state index in [1.807, 2.05) is 0 Å². The minimum absolute atomic E-state index is 0.118. The van der Waals surface area contributed by atoms with E-state index in [4.69, 9.17) is 10.5 Å². The van der Waals surface area contributed by atoms with E-state index in [1.54, 1.807) is 7.11 Å². The smallest absolute Gasteiger partial charge is 0.220 e. The molecule has 1 rings (SSSR count). The highest BCUT2D eigenvalue weighted by Gasteiger charge is 2.24. The van der Waals surface area contributed by atoms with Crippen molar-refractivity contribution >= 4 is 5.91 Å². The second-order valence-electron chi connectivity index (χ2n) is 4.88. The van der Waals surface area contributed by atoms with Crippen LogP contribution < -0.4 is 11.1 Å². The van der Waals surface area contributed by atoms with E-state index in [0.717, 1.165) is 38.8 Å². The molecule has 0 aromatic heterocycles. The second-order valence-corrected chi connectivity index (χ2v) is 4.88. The number of methoxy groups -OCH3 is 1. The number of nitrogens with one attached hydrogen (secondary N) is 1. The third-order valence-electron chi connectivity index (χ3n) is 3.42. The van der Waals surface area contributed by atoms with Gasteiger partial charge < -0.3 is 15.8 Å². The number of primary amides is 1. The van der Waals surface area contributed by atoms with E-state index < -0.39 is 0 Å². The van der Waals surface area contributed by atoms with Crippen molar-refractivity contribution in [1.82, 2.24) is 5.32 Å². The van der Waals surface area contributed by atoms with Crippen LogP contribution in [0.25, 0.3) is 0 Å². The number of hydrogen-bond acceptors (Lipinski definition) is 3. The van der Waals surface area contributed by atoms with Gasteiger partial charge >= 0.3 is 0 Å². The number of rotatable bonds is 6. The Balaban J connectivity index is 2.14. The highest BCUT2D eigenvalue weighted by Crippen LogP contribution is 2.28. The summed E-state index contributed by atoms with van der Waals surface area (Å²) in [6, 6.07) is 0.402. The maximum absolute atomic E-state index is 11.0. The molecule has 4 nitrogen and oxygen atoms in total. The van der Waals surface area contributed by atoms with E-state index in [1.165, 1.54) is 0 Å². The van der Waals surface area contributed by atoms with Gasteiger partial charge in [0.2, 0.25) is 5.91 Å². The van der Waals surface area contributed by atoms with Gasteiger partial charge in [-0.2, -0.15) is 0 Å². The molecule has 1 amide bonds. The number of hydrogen-bond donors (Lipinski definition) is 2. The van der Waals surface area contributed by atoms with Crippen LogP contribution >= 0.6 is 0 Å². The predicted molar refractivity (Wildman–Crippen MR) is 64.0 cm³/mol. The predicted octanol–water partition coefficient (Wildman–Crippen LogP) is 0.903. The molecule has 0 radical (unpaired) electrons. The molecule has 1 atom stereocenters. The zero-order valence-corrected chi connectivity index (χ0v) is 10.4. The van der Waals surface area contributed by atoms with Gasteiger partial charge in [0.05, 0.1) is 6.61 Å². The molecule has 1 aliphatic carbocycles. The van der Waals surface area contributed by atoms with Gasteiger partial charge in [0.1, 0.15) is 0 Å². The molecule has 0 spiro atoms. The molecule has 1 fully saturated rings. The highest BCUT2D eigenvalue weighted by molar-refractivity contribution is 5.76. The van der Waals surface area contributed by atoms with E-state index in [9.17, 15) is 4.79 Å². The van der Waals surface area contributed by atoms with Crippen molar-refractivity contribution in [3.8, 4) is 0 Å². The molecular weight excluding hydrogens is 204 g/mol. The summed E-state index contributed by atoms with van der Waals surface area (Å²) in [5.74, 6) is 0.682. The second kappa shape index (κ2) is 6.86. The van der Waals surface area contributed by atoms with Crippen LogP contribution in [0.5, 0.6) is 0 Å². The summed E-state index contributed by atoms with van der Waals surface area (Å²) in [5.41, 5.74) is 5.30. The Morgan fingerprint density at radius 3 is 2.56 bits per heavy atom. The van der Waals surface area contributed by atoms with Gasteiger partial charge in [0, 0.05) is 19.1 Å². The third-order valence-corrected chi connectivity index (χ3v) is 3.42. The molecule has 3 N–H and O–H groups in total. The van der Waals surface area contributed by atoms with Crippen LogP contribution in [0, 0.1) is 11.8 Å². The fraction of sp³-hybridized carbons (Fsp3) is 0.917. The molecule has 16 heavy (non-hydrogen) atoms. The lowest BCUT2D eigenvalue weighted by molar-refractivity contribution is -0.122. The molecule has 1 unspecified atom stereocenters. The minimum atomic E-state index is -0.126. The van der Waals surface area contributed by atoms with Gasteiger partial charge in [-0.3, -0.25) is 4.79 Å². The number of ether oxygens (including phenoxy) is 1. The molecule has 4 heteroatoms. The van der Waals surface area contributed by atoms with Crippen LogP contribution in [0.3, 0.4) is 0 Å². The molecule has 0 bridgehead atoms. The molecule has 0 aromatic carbocycles. The lowest BCUT2D eigenvalue weighted by Crippen LogP contribution is -2.36. The average Bonchev–Trinajstić information content (AvgIpc) is 2.27. The Kier molecular flexibility index (Phi) is 5.77. The lowest BCUT2D eigenvalue weighted by Gasteiger charge is -2.27. The Hall–Kier alpha value is -0.610. The van der Waals surface area contributed by atoms with Crippen molar-refractivity contribution < 1.29 is 9.53 Å². The summed E-state index contributed by atoms with van der Waals surface area (Å²) >= 11 is 0. The van der Waals surface area contributed by atoms with E-state index in [2.05, 4.69) is 12.2 Å². The lowest BCUT2D eigenvalue weighted by atomic mass is 9.81.